The molecule has 1 aliphatic carbocycles. The van der Waals surface area contributed by atoms with E-state index >= 15 is 0 Å². The second-order valence-corrected chi connectivity index (χ2v) is 7.57. The maximum absolute atomic E-state index is 13.1. The van der Waals surface area contributed by atoms with Crippen molar-refractivity contribution >= 4 is 35.4 Å². The van der Waals surface area contributed by atoms with Crippen LogP contribution in [0.25, 0.3) is 5.69 Å². The van der Waals surface area contributed by atoms with E-state index < -0.39 is 17.2 Å². The van der Waals surface area contributed by atoms with Crippen molar-refractivity contribution in [1.82, 2.24) is 14.7 Å². The third-order valence-corrected chi connectivity index (χ3v) is 4.95. The van der Waals surface area contributed by atoms with Gasteiger partial charge in [-0.05, 0) is 25.0 Å². The van der Waals surface area contributed by atoms with Crippen molar-refractivity contribution in [2.75, 3.05) is 14.1 Å². The Morgan fingerprint density at radius 1 is 1.24 bits per heavy atom. The molecule has 0 spiro atoms. The molecule has 0 saturated heterocycles. The molecule has 3 rings (SSSR count). The number of nitrogens with zero attached hydrogens (tertiary/aromatic N) is 6. The molecule has 0 N–H and O–H groups in total. The van der Waals surface area contributed by atoms with Gasteiger partial charge in [0.25, 0.3) is 0 Å². The molecule has 0 bridgehead atoms. The lowest BCUT2D eigenvalue weighted by molar-refractivity contribution is -0.137. The Labute approximate surface area is 174 Å². The lowest BCUT2D eigenvalue weighted by Gasteiger charge is -2.14. The molecule has 1 saturated carbocycles. The number of halogens is 5. The molecule has 1 heterocycles. The zero-order chi connectivity index (χ0) is 21.6. The molecule has 1 fully saturated rings. The van der Waals surface area contributed by atoms with Crippen molar-refractivity contribution in [3.63, 3.8) is 0 Å². The monoisotopic (exact) mass is 440 g/mol. The third-order valence-electron chi connectivity index (χ3n) is 4.38. The summed E-state index contributed by atoms with van der Waals surface area (Å²) in [7, 11) is 3.43. The van der Waals surface area contributed by atoms with E-state index in [1.807, 2.05) is 6.07 Å². The first-order valence-electron chi connectivity index (χ1n) is 8.26. The number of hydrogen-bond acceptors (Lipinski definition) is 4. The Bertz CT molecular complexity index is 1060. The SMILES string of the molecule is CN(C)C=Nc1c(C2(C#N)CC2)c(C#N)nn1-c1c(Cl)cc(C(F)(F)F)cc1Cl. The van der Waals surface area contributed by atoms with E-state index in [1.165, 1.54) is 6.34 Å². The summed E-state index contributed by atoms with van der Waals surface area (Å²) in [5, 5.41) is 22.7. The van der Waals surface area contributed by atoms with E-state index in [-0.39, 0.29) is 27.2 Å². The Kier molecular flexibility index (Phi) is 5.24. The van der Waals surface area contributed by atoms with Gasteiger partial charge in [0.2, 0.25) is 0 Å². The summed E-state index contributed by atoms with van der Waals surface area (Å²) >= 11 is 12.2. The molecule has 1 aromatic carbocycles. The first-order chi connectivity index (χ1) is 13.5. The molecule has 0 amide bonds. The van der Waals surface area contributed by atoms with Crippen LogP contribution in [0.2, 0.25) is 10.0 Å². The second-order valence-electron chi connectivity index (χ2n) is 6.76. The fourth-order valence-corrected chi connectivity index (χ4v) is 3.49. The fraction of sp³-hybridized carbons (Fsp3) is 0.333. The van der Waals surface area contributed by atoms with Gasteiger partial charge in [-0.1, -0.05) is 23.2 Å². The van der Waals surface area contributed by atoms with E-state index in [9.17, 15) is 23.7 Å². The summed E-state index contributed by atoms with van der Waals surface area (Å²) in [6.45, 7) is 0. The minimum absolute atomic E-state index is 0.0521. The molecule has 2 aromatic rings. The van der Waals surface area contributed by atoms with Crippen molar-refractivity contribution in [1.29, 1.82) is 10.5 Å². The maximum atomic E-state index is 13.1. The van der Waals surface area contributed by atoms with Crippen molar-refractivity contribution in [2.45, 2.75) is 24.4 Å². The summed E-state index contributed by atoms with van der Waals surface area (Å²) in [4.78, 5) is 5.94. The fourth-order valence-electron chi connectivity index (χ4n) is 2.85. The molecule has 150 valence electrons. The quantitative estimate of drug-likeness (QED) is 0.502. The van der Waals surface area contributed by atoms with Crippen LogP contribution in [0.4, 0.5) is 19.0 Å². The molecule has 0 atom stereocenters. The highest BCUT2D eigenvalue weighted by Crippen LogP contribution is 2.53. The molecule has 1 aromatic heterocycles. The van der Waals surface area contributed by atoms with Crippen LogP contribution in [-0.2, 0) is 11.6 Å². The number of alkyl halides is 3. The molecule has 0 unspecified atom stereocenters. The zero-order valence-corrected chi connectivity index (χ0v) is 16.7. The first kappa shape index (κ1) is 21.0. The van der Waals surface area contributed by atoms with Crippen LogP contribution in [-0.4, -0.2) is 35.1 Å². The van der Waals surface area contributed by atoms with Gasteiger partial charge in [0.05, 0.1) is 39.0 Å². The molecule has 6 nitrogen and oxygen atoms in total. The van der Waals surface area contributed by atoms with Gasteiger partial charge in [0, 0.05) is 14.1 Å². The summed E-state index contributed by atoms with van der Waals surface area (Å²) in [5.41, 5.74) is -1.73. The van der Waals surface area contributed by atoms with Crippen molar-refractivity contribution in [3.8, 4) is 17.8 Å². The predicted molar refractivity (Wildman–Crippen MR) is 102 cm³/mol. The van der Waals surface area contributed by atoms with Crippen LogP contribution in [0.3, 0.4) is 0 Å². The van der Waals surface area contributed by atoms with Crippen LogP contribution < -0.4 is 0 Å². The van der Waals surface area contributed by atoms with Gasteiger partial charge in [0.15, 0.2) is 11.5 Å². The Morgan fingerprint density at radius 3 is 2.24 bits per heavy atom. The van der Waals surface area contributed by atoms with Crippen LogP contribution in [0.15, 0.2) is 17.1 Å². The molecule has 0 radical (unpaired) electrons. The normalized spacial score (nSPS) is 15.2. The summed E-state index contributed by atoms with van der Waals surface area (Å²) in [6, 6.07) is 5.58. The number of rotatable bonds is 4. The number of hydrogen-bond donors (Lipinski definition) is 0. The van der Waals surface area contributed by atoms with E-state index in [0.29, 0.717) is 18.4 Å². The summed E-state index contributed by atoms with van der Waals surface area (Å²) in [6.07, 6.45) is -2.17. The van der Waals surface area contributed by atoms with Gasteiger partial charge >= 0.3 is 6.18 Å². The average Bonchev–Trinajstić information content (AvgIpc) is 3.33. The molecule has 11 heteroatoms. The molecule has 29 heavy (non-hydrogen) atoms. The van der Waals surface area contributed by atoms with Crippen molar-refractivity contribution < 1.29 is 13.2 Å². The van der Waals surface area contributed by atoms with Gasteiger partial charge in [-0.25, -0.2) is 9.67 Å². The smallest absolute Gasteiger partial charge is 0.369 e. The molecular formula is C18H13Cl2F3N6. The van der Waals surface area contributed by atoms with Crippen molar-refractivity contribution in [2.24, 2.45) is 4.99 Å². The summed E-state index contributed by atoms with van der Waals surface area (Å²) < 4.78 is 40.3. The van der Waals surface area contributed by atoms with E-state index in [0.717, 1.165) is 16.8 Å². The van der Waals surface area contributed by atoms with Gasteiger partial charge in [0.1, 0.15) is 11.8 Å². The number of nitriles is 2. The molecular weight excluding hydrogens is 428 g/mol. The topological polar surface area (TPSA) is 81.0 Å². The third kappa shape index (κ3) is 3.76. The van der Waals surface area contributed by atoms with E-state index in [4.69, 9.17) is 23.2 Å². The van der Waals surface area contributed by atoms with Crippen LogP contribution >= 0.6 is 23.2 Å². The largest absolute Gasteiger partial charge is 0.416 e. The van der Waals surface area contributed by atoms with Gasteiger partial charge in [-0.15, -0.1) is 0 Å². The highest BCUT2D eigenvalue weighted by atomic mass is 35.5. The van der Waals surface area contributed by atoms with Gasteiger partial charge in [-0.2, -0.15) is 28.8 Å². The Hall–Kier alpha value is -2.75. The number of aliphatic imine (C=N–C) groups is 1. The van der Waals surface area contributed by atoms with Crippen LogP contribution in [0.5, 0.6) is 0 Å². The zero-order valence-electron chi connectivity index (χ0n) is 15.2. The lowest BCUT2D eigenvalue weighted by atomic mass is 9.97. The van der Waals surface area contributed by atoms with Crippen LogP contribution in [0.1, 0.15) is 29.7 Å². The molecule has 0 aliphatic heterocycles. The van der Waals surface area contributed by atoms with E-state index in [1.54, 1.807) is 19.0 Å². The van der Waals surface area contributed by atoms with Gasteiger partial charge in [-0.3, -0.25) is 0 Å². The minimum Gasteiger partial charge on any atom is -0.369 e. The Morgan fingerprint density at radius 2 is 1.83 bits per heavy atom. The summed E-state index contributed by atoms with van der Waals surface area (Å²) in [5.74, 6) is 0.123. The lowest BCUT2D eigenvalue weighted by Crippen LogP contribution is -2.10. The highest BCUT2D eigenvalue weighted by Gasteiger charge is 2.50. The van der Waals surface area contributed by atoms with Crippen molar-refractivity contribution in [3.05, 3.63) is 39.0 Å². The number of benzene rings is 1. The predicted octanol–water partition coefficient (Wildman–Crippen LogP) is 4.85. The van der Waals surface area contributed by atoms with E-state index in [2.05, 4.69) is 16.2 Å². The average molecular weight is 441 g/mol. The Balaban J connectivity index is 2.32. The standard InChI is InChI=1S/C18H13Cl2F3N6/c1-28(2)9-26-16-14(17(8-25)3-4-17)13(7-24)27-29(16)15-11(19)5-10(6-12(15)20)18(21,22)23/h5-6,9H,3-4H2,1-2H3. The molecule has 1 aliphatic rings. The number of aromatic nitrogens is 2. The first-order valence-corrected chi connectivity index (χ1v) is 9.02. The van der Waals surface area contributed by atoms with Crippen LogP contribution in [0, 0.1) is 22.7 Å². The minimum atomic E-state index is -4.64. The highest BCUT2D eigenvalue weighted by molar-refractivity contribution is 6.38. The second kappa shape index (κ2) is 7.25. The maximum Gasteiger partial charge on any atom is 0.416 e. The van der Waals surface area contributed by atoms with Gasteiger partial charge < -0.3 is 4.90 Å².